The number of hydrogen-bond donors (Lipinski definition) is 3. The topological polar surface area (TPSA) is 84.3 Å². The smallest absolute Gasteiger partial charge is 0.312 e. The minimum Gasteiger partial charge on any atom is -0.491 e. The Balaban J connectivity index is 2.84. The maximum atomic E-state index is 8.48. The number of hydrogen-bond acceptors (Lipinski definition) is 5. The van der Waals surface area contributed by atoms with Crippen molar-refractivity contribution in [3.63, 3.8) is 0 Å². The van der Waals surface area contributed by atoms with E-state index in [2.05, 4.69) is 14.8 Å². The van der Waals surface area contributed by atoms with Crippen LogP contribution < -0.4 is 11.3 Å². The van der Waals surface area contributed by atoms with Crippen molar-refractivity contribution >= 4 is 6.01 Å². The highest BCUT2D eigenvalue weighted by molar-refractivity contribution is 5.20. The number of nitrogens with two attached hydrogens (primary N) is 1. The minimum absolute atomic E-state index is 0.0995. The second-order valence-corrected chi connectivity index (χ2v) is 1.16. The van der Waals surface area contributed by atoms with Gasteiger partial charge in [-0.15, -0.1) is 0 Å². The van der Waals surface area contributed by atoms with Gasteiger partial charge in [-0.3, -0.25) is 5.43 Å². The number of nitrogens with zero attached hydrogens (tertiary/aromatic N) is 1. The quantitative estimate of drug-likeness (QED) is 0.344. The van der Waals surface area contributed by atoms with Crippen LogP contribution in [0.1, 0.15) is 0 Å². The lowest BCUT2D eigenvalue weighted by Crippen LogP contribution is -2.06. The fraction of sp³-hybridized carbons (Fsp3) is 0. The van der Waals surface area contributed by atoms with Gasteiger partial charge in [-0.2, -0.15) is 4.98 Å². The molecule has 0 saturated heterocycles. The summed E-state index contributed by atoms with van der Waals surface area (Å²) in [4.78, 5) is 3.38. The summed E-state index contributed by atoms with van der Waals surface area (Å²) < 4.78 is 4.52. The summed E-state index contributed by atoms with van der Waals surface area (Å²) in [5.41, 5.74) is 2.11. The summed E-state index contributed by atoms with van der Waals surface area (Å²) >= 11 is 0. The lowest BCUT2D eigenvalue weighted by Gasteiger charge is -1.83. The number of rotatable bonds is 1. The summed E-state index contributed by atoms with van der Waals surface area (Å²) in [6, 6.07) is 0.0995. The largest absolute Gasteiger partial charge is 0.491 e. The van der Waals surface area contributed by atoms with E-state index in [4.69, 9.17) is 10.9 Å². The van der Waals surface area contributed by atoms with Crippen molar-refractivity contribution in [1.82, 2.24) is 4.98 Å². The third kappa shape index (κ3) is 0.710. The van der Waals surface area contributed by atoms with E-state index in [-0.39, 0.29) is 11.9 Å². The van der Waals surface area contributed by atoms with Gasteiger partial charge in [0.25, 0.3) is 5.88 Å². The van der Waals surface area contributed by atoms with Crippen LogP contribution in [-0.4, -0.2) is 10.1 Å². The monoisotopic (exact) mass is 115 g/mol. The van der Waals surface area contributed by atoms with Gasteiger partial charge in [0.15, 0.2) is 6.26 Å². The molecule has 4 N–H and O–H groups in total. The van der Waals surface area contributed by atoms with Gasteiger partial charge in [0, 0.05) is 0 Å². The summed E-state index contributed by atoms with van der Waals surface area (Å²) in [5, 5.41) is 8.48. The Morgan fingerprint density at radius 1 is 1.88 bits per heavy atom. The fourth-order valence-electron chi connectivity index (χ4n) is 0.332. The number of anilines is 1. The summed E-state index contributed by atoms with van der Waals surface area (Å²) in [6.45, 7) is 0. The summed E-state index contributed by atoms with van der Waals surface area (Å²) in [5.74, 6) is 4.66. The Kier molecular flexibility index (Phi) is 1.05. The van der Waals surface area contributed by atoms with E-state index < -0.39 is 0 Å². The third-order valence-electron chi connectivity index (χ3n) is 0.616. The Bertz CT molecular complexity index is 173. The molecular weight excluding hydrogens is 110 g/mol. The first kappa shape index (κ1) is 4.92. The van der Waals surface area contributed by atoms with Crippen molar-refractivity contribution in [2.24, 2.45) is 5.84 Å². The van der Waals surface area contributed by atoms with Gasteiger partial charge in [-0.1, -0.05) is 0 Å². The van der Waals surface area contributed by atoms with Gasteiger partial charge in [0.05, 0.1) is 0 Å². The molecule has 1 heterocycles. The van der Waals surface area contributed by atoms with Crippen LogP contribution in [0.5, 0.6) is 5.88 Å². The van der Waals surface area contributed by atoms with Gasteiger partial charge in [-0.05, 0) is 0 Å². The summed E-state index contributed by atoms with van der Waals surface area (Å²) in [7, 11) is 0. The van der Waals surface area contributed by atoms with Crippen LogP contribution in [0.4, 0.5) is 6.01 Å². The van der Waals surface area contributed by atoms with E-state index in [1.807, 2.05) is 0 Å². The Morgan fingerprint density at radius 2 is 2.62 bits per heavy atom. The van der Waals surface area contributed by atoms with E-state index in [0.717, 1.165) is 6.26 Å². The molecule has 0 saturated carbocycles. The molecule has 0 amide bonds. The molecule has 0 radical (unpaired) electrons. The first-order valence-electron chi connectivity index (χ1n) is 1.94. The second kappa shape index (κ2) is 1.71. The lowest BCUT2D eigenvalue weighted by molar-refractivity contribution is 0.448. The maximum absolute atomic E-state index is 8.48. The average molecular weight is 115 g/mol. The zero-order valence-corrected chi connectivity index (χ0v) is 3.96. The van der Waals surface area contributed by atoms with Crippen LogP contribution in [0.2, 0.25) is 0 Å². The molecule has 0 fully saturated rings. The van der Waals surface area contributed by atoms with Crippen molar-refractivity contribution in [2.75, 3.05) is 5.43 Å². The molecular formula is C3H5N3O2. The molecule has 5 nitrogen and oxygen atoms in total. The Hall–Kier alpha value is -1.23. The van der Waals surface area contributed by atoms with Gasteiger partial charge < -0.3 is 9.52 Å². The molecule has 44 valence electrons. The van der Waals surface area contributed by atoms with E-state index in [0.29, 0.717) is 0 Å². The number of hydrazine groups is 1. The van der Waals surface area contributed by atoms with Crippen LogP contribution in [0, 0.1) is 0 Å². The highest BCUT2D eigenvalue weighted by atomic mass is 16.4. The van der Waals surface area contributed by atoms with Gasteiger partial charge >= 0.3 is 6.01 Å². The highest BCUT2D eigenvalue weighted by Gasteiger charge is 1.95. The van der Waals surface area contributed by atoms with Gasteiger partial charge in [0.2, 0.25) is 0 Å². The molecule has 0 bridgehead atoms. The van der Waals surface area contributed by atoms with Crippen molar-refractivity contribution < 1.29 is 9.52 Å². The standard InChI is InChI=1S/C3H5N3O2/c4-6-3-5-2(7)1-8-3/h1,7H,4H2,(H,5,6). The second-order valence-electron chi connectivity index (χ2n) is 1.16. The van der Waals surface area contributed by atoms with E-state index in [1.54, 1.807) is 0 Å². The normalized spacial score (nSPS) is 9.12. The first-order valence-corrected chi connectivity index (χ1v) is 1.94. The number of oxazole rings is 1. The molecule has 0 unspecified atom stereocenters. The van der Waals surface area contributed by atoms with E-state index >= 15 is 0 Å². The first-order chi connectivity index (χ1) is 3.83. The SMILES string of the molecule is NNc1nc(O)co1. The van der Waals surface area contributed by atoms with E-state index in [9.17, 15) is 0 Å². The van der Waals surface area contributed by atoms with Crippen LogP contribution in [0.3, 0.4) is 0 Å². The number of aromatic nitrogens is 1. The molecule has 1 aromatic heterocycles. The molecule has 1 rings (SSSR count). The van der Waals surface area contributed by atoms with Gasteiger partial charge in [-0.25, -0.2) is 5.84 Å². The zero-order valence-electron chi connectivity index (χ0n) is 3.96. The molecule has 0 aliphatic rings. The molecule has 0 atom stereocenters. The minimum atomic E-state index is -0.182. The van der Waals surface area contributed by atoms with Crippen molar-refractivity contribution in [3.05, 3.63) is 6.26 Å². The predicted octanol–water partition coefficient (Wildman–Crippen LogP) is -0.334. The van der Waals surface area contributed by atoms with Crippen LogP contribution in [-0.2, 0) is 0 Å². The Morgan fingerprint density at radius 3 is 2.88 bits per heavy atom. The van der Waals surface area contributed by atoms with Crippen molar-refractivity contribution in [3.8, 4) is 5.88 Å². The number of aromatic hydroxyl groups is 1. The zero-order chi connectivity index (χ0) is 5.98. The molecule has 0 aliphatic heterocycles. The number of nitrogen functional groups attached to an aromatic ring is 1. The third-order valence-corrected chi connectivity index (χ3v) is 0.616. The highest BCUT2D eigenvalue weighted by Crippen LogP contribution is 2.09. The number of nitrogens with one attached hydrogen (secondary N) is 1. The van der Waals surface area contributed by atoms with Gasteiger partial charge in [0.1, 0.15) is 0 Å². The fourth-order valence-corrected chi connectivity index (χ4v) is 0.332. The molecule has 0 aromatic carbocycles. The predicted molar refractivity (Wildman–Crippen MR) is 26.0 cm³/mol. The summed E-state index contributed by atoms with van der Waals surface area (Å²) in [6.07, 6.45) is 1.08. The molecule has 5 heteroatoms. The molecule has 8 heavy (non-hydrogen) atoms. The Labute approximate surface area is 45.1 Å². The van der Waals surface area contributed by atoms with E-state index in [1.165, 1.54) is 0 Å². The maximum Gasteiger partial charge on any atom is 0.312 e. The van der Waals surface area contributed by atoms with Crippen molar-refractivity contribution in [1.29, 1.82) is 0 Å². The molecule has 0 spiro atoms. The molecule has 1 aromatic rings. The molecule has 0 aliphatic carbocycles. The van der Waals surface area contributed by atoms with Crippen LogP contribution in [0.25, 0.3) is 0 Å². The average Bonchev–Trinajstić information content (AvgIpc) is 2.14. The lowest BCUT2D eigenvalue weighted by atomic mass is 10.9. The van der Waals surface area contributed by atoms with Crippen LogP contribution >= 0.6 is 0 Å². The van der Waals surface area contributed by atoms with Crippen LogP contribution in [0.15, 0.2) is 10.7 Å². The van der Waals surface area contributed by atoms with Crippen molar-refractivity contribution in [2.45, 2.75) is 0 Å².